The summed E-state index contributed by atoms with van der Waals surface area (Å²) in [5.74, 6) is -0.282. The number of aldehydes is 1. The summed E-state index contributed by atoms with van der Waals surface area (Å²) in [4.78, 5) is 11.2. The Morgan fingerprint density at radius 1 is 1.12 bits per heavy atom. The van der Waals surface area contributed by atoms with E-state index < -0.39 is 10.0 Å². The molecule has 1 aliphatic rings. The van der Waals surface area contributed by atoms with Crippen LogP contribution in [0.3, 0.4) is 0 Å². The molecule has 0 spiro atoms. The van der Waals surface area contributed by atoms with Crippen LogP contribution in [0.2, 0.25) is 5.02 Å². The van der Waals surface area contributed by atoms with Crippen molar-refractivity contribution in [3.05, 3.63) is 59.1 Å². The van der Waals surface area contributed by atoms with Crippen LogP contribution in [0, 0.1) is 5.92 Å². The predicted octanol–water partition coefficient (Wildman–Crippen LogP) is 3.04. The van der Waals surface area contributed by atoms with Crippen molar-refractivity contribution < 1.29 is 18.3 Å². The Morgan fingerprint density at radius 2 is 1.80 bits per heavy atom. The van der Waals surface area contributed by atoms with E-state index in [-0.39, 0.29) is 42.0 Å². The van der Waals surface area contributed by atoms with Crippen LogP contribution in [0.1, 0.15) is 17.9 Å². The zero-order valence-electron chi connectivity index (χ0n) is 13.4. The minimum Gasteiger partial charge on any atom is -0.508 e. The summed E-state index contributed by atoms with van der Waals surface area (Å²) in [6, 6.07) is 12.9. The monoisotopic (exact) mass is 379 g/mol. The van der Waals surface area contributed by atoms with E-state index in [1.807, 2.05) is 0 Å². The largest absolute Gasteiger partial charge is 0.508 e. The number of benzene rings is 2. The van der Waals surface area contributed by atoms with Gasteiger partial charge in [-0.1, -0.05) is 29.8 Å². The molecule has 0 aliphatic carbocycles. The standard InChI is InChI=1S/C18H18ClNO4S/c19-14-5-7-15(8-6-14)25(23,24)20-11-13(9-10-21)17(12-20)16-3-1-2-4-18(16)22/h1-8,10,13,17,22H,9,11-12H2/t13-,17+/m0/s1. The lowest BCUT2D eigenvalue weighted by Gasteiger charge is -2.18. The van der Waals surface area contributed by atoms with E-state index in [2.05, 4.69) is 0 Å². The number of hydrogen-bond donors (Lipinski definition) is 1. The fourth-order valence-electron chi connectivity index (χ4n) is 3.30. The molecule has 1 saturated heterocycles. The first-order chi connectivity index (χ1) is 11.9. The van der Waals surface area contributed by atoms with Gasteiger partial charge >= 0.3 is 0 Å². The van der Waals surface area contributed by atoms with Crippen LogP contribution in [-0.2, 0) is 14.8 Å². The molecule has 2 aromatic rings. The third-order valence-corrected chi connectivity index (χ3v) is 6.69. The quantitative estimate of drug-likeness (QED) is 0.810. The van der Waals surface area contributed by atoms with Gasteiger partial charge in [0.2, 0.25) is 10.0 Å². The molecule has 0 saturated carbocycles. The molecule has 1 fully saturated rings. The number of phenols is 1. The van der Waals surface area contributed by atoms with E-state index >= 15 is 0 Å². The van der Waals surface area contributed by atoms with E-state index in [4.69, 9.17) is 11.6 Å². The molecular formula is C18H18ClNO4S. The lowest BCUT2D eigenvalue weighted by molar-refractivity contribution is -0.108. The zero-order chi connectivity index (χ0) is 18.0. The van der Waals surface area contributed by atoms with E-state index in [9.17, 15) is 18.3 Å². The Kier molecular flexibility index (Phi) is 5.13. The number of carbonyl (C=O) groups is 1. The van der Waals surface area contributed by atoms with Crippen molar-refractivity contribution in [2.24, 2.45) is 5.92 Å². The maximum Gasteiger partial charge on any atom is 0.243 e. The van der Waals surface area contributed by atoms with E-state index in [0.717, 1.165) is 6.29 Å². The summed E-state index contributed by atoms with van der Waals surface area (Å²) in [6.45, 7) is 0.462. The lowest BCUT2D eigenvalue weighted by atomic mass is 9.87. The van der Waals surface area contributed by atoms with Crippen LogP contribution in [0.25, 0.3) is 0 Å². The van der Waals surface area contributed by atoms with Gasteiger partial charge in [0.05, 0.1) is 4.90 Å². The minimum absolute atomic E-state index is 0.120. The second-order valence-corrected chi connectivity index (χ2v) is 8.48. The average Bonchev–Trinajstić information content (AvgIpc) is 3.01. The average molecular weight is 380 g/mol. The van der Waals surface area contributed by atoms with Crippen molar-refractivity contribution in [3.63, 3.8) is 0 Å². The summed E-state index contributed by atoms with van der Waals surface area (Å²) in [5, 5.41) is 10.6. The molecule has 5 nitrogen and oxygen atoms in total. The first-order valence-corrected chi connectivity index (χ1v) is 9.72. The number of carbonyl (C=O) groups excluding carboxylic acids is 1. The first-order valence-electron chi connectivity index (χ1n) is 7.90. The number of rotatable bonds is 5. The number of phenolic OH excluding ortho intramolecular Hbond substituents is 1. The maximum absolute atomic E-state index is 12.9. The molecule has 0 unspecified atom stereocenters. The number of halogens is 1. The normalized spacial score (nSPS) is 21.3. The highest BCUT2D eigenvalue weighted by Gasteiger charge is 2.40. The molecule has 0 amide bonds. The van der Waals surface area contributed by atoms with E-state index in [1.54, 1.807) is 24.3 Å². The highest BCUT2D eigenvalue weighted by Crippen LogP contribution is 2.40. The molecule has 0 bridgehead atoms. The number of sulfonamides is 1. The van der Waals surface area contributed by atoms with Gasteiger partial charge in [-0.2, -0.15) is 4.31 Å². The molecule has 7 heteroatoms. The number of para-hydroxylation sites is 1. The summed E-state index contributed by atoms with van der Waals surface area (Å²) in [7, 11) is -3.68. The van der Waals surface area contributed by atoms with Crippen LogP contribution >= 0.6 is 11.6 Å². The third-order valence-electron chi connectivity index (χ3n) is 4.59. The Balaban J connectivity index is 1.93. The summed E-state index contributed by atoms with van der Waals surface area (Å²) in [5.41, 5.74) is 0.670. The summed E-state index contributed by atoms with van der Waals surface area (Å²) in [6.07, 6.45) is 1.04. The van der Waals surface area contributed by atoms with Gasteiger partial charge in [0, 0.05) is 30.5 Å². The predicted molar refractivity (Wildman–Crippen MR) is 95.2 cm³/mol. The topological polar surface area (TPSA) is 74.7 Å². The lowest BCUT2D eigenvalue weighted by Crippen LogP contribution is -2.29. The van der Waals surface area contributed by atoms with Crippen LogP contribution < -0.4 is 0 Å². The smallest absolute Gasteiger partial charge is 0.243 e. The number of hydrogen-bond acceptors (Lipinski definition) is 4. The molecule has 2 aromatic carbocycles. The van der Waals surface area contributed by atoms with Gasteiger partial charge in [0.25, 0.3) is 0 Å². The summed E-state index contributed by atoms with van der Waals surface area (Å²) >= 11 is 5.83. The number of nitrogens with zero attached hydrogens (tertiary/aromatic N) is 1. The molecule has 1 N–H and O–H groups in total. The second-order valence-electron chi connectivity index (χ2n) is 6.10. The highest BCUT2D eigenvalue weighted by molar-refractivity contribution is 7.89. The van der Waals surface area contributed by atoms with E-state index in [1.165, 1.54) is 28.6 Å². The van der Waals surface area contributed by atoms with Crippen molar-refractivity contribution in [2.45, 2.75) is 17.2 Å². The Bertz CT molecular complexity index is 867. The summed E-state index contributed by atoms with van der Waals surface area (Å²) < 4.78 is 27.2. The number of aromatic hydroxyl groups is 1. The third kappa shape index (κ3) is 3.56. The van der Waals surface area contributed by atoms with Gasteiger partial charge in [0.1, 0.15) is 12.0 Å². The van der Waals surface area contributed by atoms with Crippen molar-refractivity contribution in [3.8, 4) is 5.75 Å². The second kappa shape index (κ2) is 7.15. The van der Waals surface area contributed by atoms with Crippen LogP contribution in [-0.4, -0.2) is 37.2 Å². The fourth-order valence-corrected chi connectivity index (χ4v) is 4.95. The van der Waals surface area contributed by atoms with Crippen molar-refractivity contribution in [2.75, 3.05) is 13.1 Å². The Morgan fingerprint density at radius 3 is 2.44 bits per heavy atom. The van der Waals surface area contributed by atoms with Gasteiger partial charge in [-0.05, 0) is 41.8 Å². The Hall–Kier alpha value is -1.89. The van der Waals surface area contributed by atoms with Crippen molar-refractivity contribution >= 4 is 27.9 Å². The van der Waals surface area contributed by atoms with Crippen molar-refractivity contribution in [1.29, 1.82) is 0 Å². The molecule has 0 aromatic heterocycles. The van der Waals surface area contributed by atoms with E-state index in [0.29, 0.717) is 10.6 Å². The molecule has 25 heavy (non-hydrogen) atoms. The molecule has 3 rings (SSSR count). The van der Waals surface area contributed by atoms with Gasteiger partial charge < -0.3 is 9.90 Å². The molecule has 132 valence electrons. The maximum atomic E-state index is 12.9. The van der Waals surface area contributed by atoms with Crippen LogP contribution in [0.4, 0.5) is 0 Å². The minimum atomic E-state index is -3.68. The fraction of sp³-hybridized carbons (Fsp3) is 0.278. The SMILES string of the molecule is O=CC[C@H]1CN(S(=O)(=O)c2ccc(Cl)cc2)C[C@H]1c1ccccc1O. The van der Waals surface area contributed by atoms with Crippen LogP contribution in [0.15, 0.2) is 53.4 Å². The van der Waals surface area contributed by atoms with Gasteiger partial charge in [-0.15, -0.1) is 0 Å². The first kappa shape index (κ1) is 17.9. The van der Waals surface area contributed by atoms with Crippen LogP contribution in [0.5, 0.6) is 5.75 Å². The van der Waals surface area contributed by atoms with Gasteiger partial charge in [-0.3, -0.25) is 0 Å². The van der Waals surface area contributed by atoms with Gasteiger partial charge in [-0.25, -0.2) is 8.42 Å². The highest BCUT2D eigenvalue weighted by atomic mass is 35.5. The Labute approximate surface area is 151 Å². The zero-order valence-corrected chi connectivity index (χ0v) is 14.9. The van der Waals surface area contributed by atoms with Gasteiger partial charge in [0.15, 0.2) is 0 Å². The molecule has 2 atom stereocenters. The molecule has 1 heterocycles. The molecule has 1 aliphatic heterocycles. The molecular weight excluding hydrogens is 362 g/mol. The molecule has 0 radical (unpaired) electrons. The van der Waals surface area contributed by atoms with Crippen molar-refractivity contribution in [1.82, 2.24) is 4.31 Å².